The van der Waals surface area contributed by atoms with Gasteiger partial charge in [0.15, 0.2) is 5.96 Å². The summed E-state index contributed by atoms with van der Waals surface area (Å²) in [6.07, 6.45) is 7.09. The first kappa shape index (κ1) is 22.9. The Morgan fingerprint density at radius 2 is 1.82 bits per heavy atom. The van der Waals surface area contributed by atoms with Crippen LogP contribution in [0.2, 0.25) is 0 Å². The number of likely N-dealkylation sites (tertiary alicyclic amines) is 2. The summed E-state index contributed by atoms with van der Waals surface area (Å²) in [6.45, 7) is 10.8. The maximum Gasteiger partial charge on any atom is 0.239 e. The van der Waals surface area contributed by atoms with E-state index in [-0.39, 0.29) is 17.5 Å². The van der Waals surface area contributed by atoms with Crippen LogP contribution in [0.15, 0.2) is 4.99 Å². The molecule has 0 aromatic rings. The Balaban J connectivity index is 1.69. The highest BCUT2D eigenvalue weighted by atomic mass is 16.2. The number of nitrogens with zero attached hydrogens (tertiary/aromatic N) is 4. The highest BCUT2D eigenvalue weighted by molar-refractivity contribution is 5.81. The molecule has 1 atom stereocenters. The third-order valence-corrected chi connectivity index (χ3v) is 6.13. The van der Waals surface area contributed by atoms with E-state index in [1.54, 1.807) is 4.90 Å². The zero-order valence-corrected chi connectivity index (χ0v) is 18.8. The maximum atomic E-state index is 12.3. The van der Waals surface area contributed by atoms with Gasteiger partial charge >= 0.3 is 0 Å². The van der Waals surface area contributed by atoms with Crippen LogP contribution in [0.4, 0.5) is 0 Å². The van der Waals surface area contributed by atoms with Crippen molar-refractivity contribution in [3.63, 3.8) is 0 Å². The molecule has 0 aromatic heterocycles. The van der Waals surface area contributed by atoms with E-state index < -0.39 is 0 Å². The number of aliphatic imine (C=N–C) groups is 1. The topological polar surface area (TPSA) is 63.2 Å². The van der Waals surface area contributed by atoms with Crippen molar-refractivity contribution in [3.05, 3.63) is 0 Å². The number of hydrogen-bond acceptors (Lipinski definition) is 4. The van der Waals surface area contributed by atoms with Gasteiger partial charge in [0.2, 0.25) is 5.91 Å². The third kappa shape index (κ3) is 6.62. The fourth-order valence-electron chi connectivity index (χ4n) is 4.29. The van der Waals surface area contributed by atoms with Crippen LogP contribution in [0.3, 0.4) is 0 Å². The number of rotatable bonds is 8. The van der Waals surface area contributed by atoms with E-state index in [1.165, 1.54) is 32.4 Å². The van der Waals surface area contributed by atoms with E-state index in [0.717, 1.165) is 51.4 Å². The van der Waals surface area contributed by atoms with Crippen LogP contribution in [-0.2, 0) is 4.79 Å². The maximum absolute atomic E-state index is 12.3. The number of nitrogens with one attached hydrogen (secondary N) is 2. The van der Waals surface area contributed by atoms with Crippen molar-refractivity contribution >= 4 is 11.9 Å². The summed E-state index contributed by atoms with van der Waals surface area (Å²) >= 11 is 0. The van der Waals surface area contributed by atoms with Crippen LogP contribution in [0, 0.1) is 0 Å². The summed E-state index contributed by atoms with van der Waals surface area (Å²) < 4.78 is 0. The second-order valence-electron chi connectivity index (χ2n) is 8.99. The quantitative estimate of drug-likeness (QED) is 0.370. The van der Waals surface area contributed by atoms with Crippen molar-refractivity contribution in [2.24, 2.45) is 4.99 Å². The first-order valence-electron chi connectivity index (χ1n) is 11.0. The lowest BCUT2D eigenvalue weighted by Gasteiger charge is -2.41. The zero-order chi connectivity index (χ0) is 20.6. The number of likely N-dealkylation sites (N-methyl/N-ethyl adjacent to an activating group) is 1. The fraction of sp³-hybridized carbons (Fsp3) is 0.905. The van der Waals surface area contributed by atoms with Gasteiger partial charge in [-0.3, -0.25) is 19.6 Å². The van der Waals surface area contributed by atoms with Crippen LogP contribution >= 0.6 is 0 Å². The number of carbonyl (C=O) groups is 1. The summed E-state index contributed by atoms with van der Waals surface area (Å²) in [7, 11) is 5.53. The molecule has 0 spiro atoms. The van der Waals surface area contributed by atoms with Gasteiger partial charge in [-0.2, -0.15) is 0 Å². The Hall–Kier alpha value is -1.34. The molecule has 2 heterocycles. The molecule has 28 heavy (non-hydrogen) atoms. The van der Waals surface area contributed by atoms with Crippen LogP contribution in [0.5, 0.6) is 0 Å². The molecule has 0 bridgehead atoms. The molecule has 0 saturated carbocycles. The molecule has 2 aliphatic rings. The molecule has 162 valence electrons. The molecule has 7 nitrogen and oxygen atoms in total. The van der Waals surface area contributed by atoms with Crippen LogP contribution in [0.25, 0.3) is 0 Å². The lowest BCUT2D eigenvalue weighted by Crippen LogP contribution is -2.55. The van der Waals surface area contributed by atoms with Gasteiger partial charge in [0.25, 0.3) is 0 Å². The average molecular weight is 395 g/mol. The second kappa shape index (κ2) is 11.0. The van der Waals surface area contributed by atoms with Gasteiger partial charge in [-0.15, -0.1) is 0 Å². The molecule has 0 aliphatic carbocycles. The van der Waals surface area contributed by atoms with E-state index in [9.17, 15) is 4.79 Å². The normalized spacial score (nSPS) is 22.3. The first-order chi connectivity index (χ1) is 13.3. The summed E-state index contributed by atoms with van der Waals surface area (Å²) in [6, 6.07) is 0.0674. The molecule has 1 unspecified atom stereocenters. The van der Waals surface area contributed by atoms with E-state index in [4.69, 9.17) is 0 Å². The zero-order valence-electron chi connectivity index (χ0n) is 18.8. The summed E-state index contributed by atoms with van der Waals surface area (Å²) in [4.78, 5) is 23.3. The van der Waals surface area contributed by atoms with Crippen LogP contribution < -0.4 is 10.6 Å². The molecule has 2 aliphatic heterocycles. The van der Waals surface area contributed by atoms with Gasteiger partial charge in [-0.05, 0) is 65.6 Å². The Morgan fingerprint density at radius 3 is 2.46 bits per heavy atom. The predicted octanol–water partition coefficient (Wildman–Crippen LogP) is 1.36. The van der Waals surface area contributed by atoms with E-state index in [2.05, 4.69) is 39.3 Å². The molecule has 2 saturated heterocycles. The summed E-state index contributed by atoms with van der Waals surface area (Å²) in [5, 5.41) is 6.93. The molecule has 2 rings (SSSR count). The smallest absolute Gasteiger partial charge is 0.239 e. The molecule has 7 heteroatoms. The van der Waals surface area contributed by atoms with Crippen molar-refractivity contribution in [1.29, 1.82) is 0 Å². The molecule has 1 amide bonds. The Morgan fingerprint density at radius 1 is 1.11 bits per heavy atom. The van der Waals surface area contributed by atoms with Gasteiger partial charge in [-0.1, -0.05) is 6.42 Å². The Labute approximate surface area is 171 Å². The van der Waals surface area contributed by atoms with E-state index in [0.29, 0.717) is 0 Å². The summed E-state index contributed by atoms with van der Waals surface area (Å²) in [5.41, 5.74) is 0.132. The van der Waals surface area contributed by atoms with Gasteiger partial charge in [-0.25, -0.2) is 0 Å². The molecule has 2 N–H and O–H groups in total. The minimum Gasteiger partial charge on any atom is -0.356 e. The Bertz CT molecular complexity index is 513. The van der Waals surface area contributed by atoms with E-state index >= 15 is 0 Å². The molecule has 0 radical (unpaired) electrons. The second-order valence-corrected chi connectivity index (χ2v) is 8.99. The van der Waals surface area contributed by atoms with Crippen LogP contribution in [-0.4, -0.2) is 98.6 Å². The van der Waals surface area contributed by atoms with Gasteiger partial charge in [0.1, 0.15) is 0 Å². The lowest BCUT2D eigenvalue weighted by molar-refractivity contribution is -0.133. The van der Waals surface area contributed by atoms with Crippen molar-refractivity contribution in [2.45, 2.75) is 64.0 Å². The van der Waals surface area contributed by atoms with Crippen molar-refractivity contribution < 1.29 is 4.79 Å². The monoisotopic (exact) mass is 394 g/mol. The lowest BCUT2D eigenvalue weighted by atomic mass is 9.98. The molecule has 0 aromatic carbocycles. The third-order valence-electron chi connectivity index (χ3n) is 6.13. The number of piperidine rings is 1. The fourth-order valence-corrected chi connectivity index (χ4v) is 4.29. The summed E-state index contributed by atoms with van der Waals surface area (Å²) in [5.74, 6) is 1.11. The van der Waals surface area contributed by atoms with Gasteiger partial charge < -0.3 is 15.5 Å². The highest BCUT2D eigenvalue weighted by Crippen LogP contribution is 2.20. The van der Waals surface area contributed by atoms with E-state index in [1.807, 2.05) is 21.1 Å². The standard InChI is InChI=1S/C21H42N6O/c1-21(2,27-15-7-6-8-16-27)17-24-20(22-3)23-12-10-14-26-13-9-11-18(26)19(28)25(4)5/h18H,6-17H2,1-5H3,(H2,22,23,24). The van der Waals surface area contributed by atoms with Crippen molar-refractivity contribution in [1.82, 2.24) is 25.3 Å². The number of guanidine groups is 1. The average Bonchev–Trinajstić information content (AvgIpc) is 3.15. The van der Waals surface area contributed by atoms with Crippen molar-refractivity contribution in [2.75, 3.05) is 60.4 Å². The SMILES string of the molecule is CN=C(NCCCN1CCCC1C(=O)N(C)C)NCC(C)(C)N1CCCCC1. The number of amides is 1. The molecular weight excluding hydrogens is 352 g/mol. The minimum absolute atomic E-state index is 0.0674. The molecular formula is C21H42N6O. The van der Waals surface area contributed by atoms with Gasteiger partial charge in [0.05, 0.1) is 6.04 Å². The first-order valence-corrected chi connectivity index (χ1v) is 11.0. The van der Waals surface area contributed by atoms with Crippen molar-refractivity contribution in [3.8, 4) is 0 Å². The van der Waals surface area contributed by atoms with Gasteiger partial charge in [0, 0.05) is 46.3 Å². The predicted molar refractivity (Wildman–Crippen MR) is 117 cm³/mol. The number of carbonyl (C=O) groups excluding carboxylic acids is 1. The Kier molecular flexibility index (Phi) is 9.02. The highest BCUT2D eigenvalue weighted by Gasteiger charge is 2.31. The minimum atomic E-state index is 0.0674. The largest absolute Gasteiger partial charge is 0.356 e. The molecule has 2 fully saturated rings. The van der Waals surface area contributed by atoms with Crippen LogP contribution in [0.1, 0.15) is 52.4 Å². The number of hydrogen-bond donors (Lipinski definition) is 2.